The Bertz CT molecular complexity index is 1800. The van der Waals surface area contributed by atoms with E-state index in [0.717, 1.165) is 29.5 Å². The third-order valence-corrected chi connectivity index (χ3v) is 9.94. The number of nitrogens with one attached hydrogen (secondary N) is 1. The Kier molecular flexibility index (Phi) is 7.04. The van der Waals surface area contributed by atoms with E-state index in [1.54, 1.807) is 48.5 Å². The largest absolute Gasteiger partial charge is 0.495 e. The molecule has 1 fully saturated rings. The molecule has 1 N–H and O–H groups in total. The van der Waals surface area contributed by atoms with Gasteiger partial charge in [-0.3, -0.25) is 14.4 Å². The zero-order valence-electron chi connectivity index (χ0n) is 23.2. The molecule has 214 valence electrons. The molecule has 1 unspecified atom stereocenters. The Balaban J connectivity index is 1.24. The van der Waals surface area contributed by atoms with Crippen molar-refractivity contribution in [3.05, 3.63) is 95.6 Å². The monoisotopic (exact) mass is 583 g/mol. The Morgan fingerprint density at radius 3 is 2.19 bits per heavy atom. The van der Waals surface area contributed by atoms with Gasteiger partial charge in [0.25, 0.3) is 17.7 Å². The molecule has 9 nitrogen and oxygen atoms in total. The lowest BCUT2D eigenvalue weighted by Crippen LogP contribution is -2.42. The molecule has 0 saturated carbocycles. The number of methoxy groups -OCH3 is 1. The van der Waals surface area contributed by atoms with Gasteiger partial charge in [-0.25, -0.2) is 13.3 Å². The Labute approximate surface area is 243 Å². The van der Waals surface area contributed by atoms with E-state index in [9.17, 15) is 22.8 Å². The normalized spacial score (nSPS) is 17.4. The standard InChI is InChI=1S/C32H29N3O6S/c1-20-7-3-4-18-34(20)42(39,40)28-19-22(12-17-27(28)41-2)30(36)33-23-13-15-24(16-14-23)35-31(37)25-10-5-8-21-9-6-11-26(29(21)25)32(35)38/h5-6,8-17,19-20H,3-4,7,18H2,1-2H3,(H,33,36). The summed E-state index contributed by atoms with van der Waals surface area (Å²) in [5.74, 6) is -1.19. The highest BCUT2D eigenvalue weighted by Crippen LogP contribution is 2.34. The smallest absolute Gasteiger partial charge is 0.265 e. The summed E-state index contributed by atoms with van der Waals surface area (Å²) in [6.07, 6.45) is 2.52. The molecule has 3 amide bonds. The Morgan fingerprint density at radius 2 is 1.57 bits per heavy atom. The lowest BCUT2D eigenvalue weighted by molar-refractivity contribution is 0.0892. The molecule has 10 heteroatoms. The summed E-state index contributed by atoms with van der Waals surface area (Å²) in [5, 5.41) is 4.24. The first-order chi connectivity index (χ1) is 20.2. The molecule has 1 saturated heterocycles. The minimum atomic E-state index is -3.89. The highest BCUT2D eigenvalue weighted by Gasteiger charge is 2.35. The Hall–Kier alpha value is -4.54. The van der Waals surface area contributed by atoms with Gasteiger partial charge in [-0.15, -0.1) is 0 Å². The van der Waals surface area contributed by atoms with Gasteiger partial charge in [-0.2, -0.15) is 4.31 Å². The van der Waals surface area contributed by atoms with Gasteiger partial charge < -0.3 is 10.1 Å². The van der Waals surface area contributed by atoms with Gasteiger partial charge in [0.05, 0.1) is 12.8 Å². The highest BCUT2D eigenvalue weighted by molar-refractivity contribution is 7.89. The number of ether oxygens (including phenoxy) is 1. The Morgan fingerprint density at radius 1 is 0.905 bits per heavy atom. The van der Waals surface area contributed by atoms with Gasteiger partial charge in [0.1, 0.15) is 10.6 Å². The fourth-order valence-corrected chi connectivity index (χ4v) is 7.62. The van der Waals surface area contributed by atoms with Crippen molar-refractivity contribution >= 4 is 49.9 Å². The minimum Gasteiger partial charge on any atom is -0.495 e. The van der Waals surface area contributed by atoms with Crippen molar-refractivity contribution < 1.29 is 27.5 Å². The van der Waals surface area contributed by atoms with Gasteiger partial charge in [-0.05, 0) is 79.7 Å². The quantitative estimate of drug-likeness (QED) is 0.302. The first kappa shape index (κ1) is 27.6. The van der Waals surface area contributed by atoms with Gasteiger partial charge >= 0.3 is 0 Å². The second kappa shape index (κ2) is 10.7. The lowest BCUT2D eigenvalue weighted by atomic mass is 9.94. The van der Waals surface area contributed by atoms with Crippen LogP contribution in [0.1, 0.15) is 57.3 Å². The number of sulfonamides is 1. The molecule has 2 aliphatic heterocycles. The predicted octanol–water partition coefficient (Wildman–Crippen LogP) is 5.46. The van der Waals surface area contributed by atoms with Crippen molar-refractivity contribution in [3.8, 4) is 5.75 Å². The highest BCUT2D eigenvalue weighted by atomic mass is 32.2. The summed E-state index contributed by atoms with van der Waals surface area (Å²) < 4.78 is 33.9. The molecule has 1 atom stereocenters. The number of rotatable bonds is 6. The average molecular weight is 584 g/mol. The SMILES string of the molecule is COc1ccc(C(=O)Nc2ccc(N3C(=O)c4cccc5cccc(c45)C3=O)cc2)cc1S(=O)(=O)N1CCCCC1C. The van der Waals surface area contributed by atoms with Gasteiger partial charge in [0, 0.05) is 40.4 Å². The lowest BCUT2D eigenvalue weighted by Gasteiger charge is -2.32. The van der Waals surface area contributed by atoms with Crippen LogP contribution in [0.15, 0.2) is 83.8 Å². The van der Waals surface area contributed by atoms with Crippen LogP contribution in [-0.2, 0) is 10.0 Å². The predicted molar refractivity (Wildman–Crippen MR) is 160 cm³/mol. The molecule has 4 aromatic rings. The van der Waals surface area contributed by atoms with E-state index in [1.807, 2.05) is 19.1 Å². The molecule has 0 bridgehead atoms. The maximum atomic E-state index is 13.5. The van der Waals surface area contributed by atoms with E-state index in [2.05, 4.69) is 5.32 Å². The average Bonchev–Trinajstić information content (AvgIpc) is 3.00. The first-order valence-corrected chi connectivity index (χ1v) is 15.2. The van der Waals surface area contributed by atoms with Crippen LogP contribution >= 0.6 is 0 Å². The number of anilines is 2. The number of hydrogen-bond donors (Lipinski definition) is 1. The molecule has 42 heavy (non-hydrogen) atoms. The number of carbonyl (C=O) groups is 3. The van der Waals surface area contributed by atoms with Gasteiger partial charge in [-0.1, -0.05) is 30.7 Å². The summed E-state index contributed by atoms with van der Waals surface area (Å²) in [6, 6.07) is 21.2. The van der Waals surface area contributed by atoms with Crippen LogP contribution in [0.3, 0.4) is 0 Å². The fourth-order valence-electron chi connectivity index (χ4n) is 5.74. The summed E-state index contributed by atoms with van der Waals surface area (Å²) in [5.41, 5.74) is 1.82. The molecule has 2 heterocycles. The number of carbonyl (C=O) groups excluding carboxylic acids is 3. The van der Waals surface area contributed by atoms with Crippen LogP contribution in [0.25, 0.3) is 10.8 Å². The summed E-state index contributed by atoms with van der Waals surface area (Å²) in [6.45, 7) is 2.30. The molecule has 0 aromatic heterocycles. The molecule has 6 rings (SSSR count). The molecule has 2 aliphatic rings. The summed E-state index contributed by atoms with van der Waals surface area (Å²) >= 11 is 0. The number of benzene rings is 4. The molecular weight excluding hydrogens is 554 g/mol. The van der Waals surface area contributed by atoms with Crippen molar-refractivity contribution in [3.63, 3.8) is 0 Å². The van der Waals surface area contributed by atoms with E-state index in [4.69, 9.17) is 4.74 Å². The molecular formula is C32H29N3O6S. The van der Waals surface area contributed by atoms with Crippen molar-refractivity contribution in [1.29, 1.82) is 0 Å². The first-order valence-electron chi connectivity index (χ1n) is 13.7. The van der Waals surface area contributed by atoms with Crippen molar-refractivity contribution in [2.45, 2.75) is 37.1 Å². The van der Waals surface area contributed by atoms with Crippen molar-refractivity contribution in [2.24, 2.45) is 0 Å². The van der Waals surface area contributed by atoms with Crippen LogP contribution in [0.4, 0.5) is 11.4 Å². The number of hydrogen-bond acceptors (Lipinski definition) is 6. The summed E-state index contributed by atoms with van der Waals surface area (Å²) in [4.78, 5) is 40.9. The van der Waals surface area contributed by atoms with Crippen molar-refractivity contribution in [2.75, 3.05) is 23.9 Å². The third-order valence-electron chi connectivity index (χ3n) is 7.91. The van der Waals surface area contributed by atoms with E-state index in [0.29, 0.717) is 34.4 Å². The molecule has 0 aliphatic carbocycles. The fraction of sp³-hybridized carbons (Fsp3) is 0.219. The zero-order chi connectivity index (χ0) is 29.6. The van der Waals surface area contributed by atoms with Crippen LogP contribution < -0.4 is 15.0 Å². The van der Waals surface area contributed by atoms with E-state index in [1.165, 1.54) is 29.6 Å². The topological polar surface area (TPSA) is 113 Å². The van der Waals surface area contributed by atoms with Crippen LogP contribution in [0.5, 0.6) is 5.75 Å². The minimum absolute atomic E-state index is 0.0563. The number of amides is 3. The number of piperidine rings is 1. The van der Waals surface area contributed by atoms with E-state index < -0.39 is 27.7 Å². The number of nitrogens with zero attached hydrogens (tertiary/aromatic N) is 2. The molecule has 4 aromatic carbocycles. The van der Waals surface area contributed by atoms with Gasteiger partial charge in [0.15, 0.2) is 0 Å². The second-order valence-corrected chi connectivity index (χ2v) is 12.3. The van der Waals surface area contributed by atoms with E-state index >= 15 is 0 Å². The van der Waals surface area contributed by atoms with Gasteiger partial charge in [0.2, 0.25) is 10.0 Å². The third kappa shape index (κ3) is 4.62. The summed E-state index contributed by atoms with van der Waals surface area (Å²) in [7, 11) is -2.49. The number of imide groups is 1. The second-order valence-electron chi connectivity index (χ2n) is 10.5. The van der Waals surface area contributed by atoms with Crippen LogP contribution in [0, 0.1) is 0 Å². The zero-order valence-corrected chi connectivity index (χ0v) is 24.0. The molecule has 0 spiro atoms. The maximum Gasteiger partial charge on any atom is 0.265 e. The van der Waals surface area contributed by atoms with Crippen molar-refractivity contribution in [1.82, 2.24) is 4.31 Å². The van der Waals surface area contributed by atoms with E-state index in [-0.39, 0.29) is 22.3 Å². The van der Waals surface area contributed by atoms with Crippen LogP contribution in [-0.4, -0.2) is 50.1 Å². The van der Waals surface area contributed by atoms with Crippen LogP contribution in [0.2, 0.25) is 0 Å². The maximum absolute atomic E-state index is 13.5. The molecule has 0 radical (unpaired) electrons.